The second-order valence-electron chi connectivity index (χ2n) is 7.69. The lowest BCUT2D eigenvalue weighted by Crippen LogP contribution is -2.34. The topological polar surface area (TPSA) is 91.8 Å². The standard InChI is InChI=1S/C23H23N5O2S2.3H2/c1-28-14-20(19-4-2-3-5-23(19)28)22(26-12-17-11-24-15-31-17)13-27-32(29,30)18-7-6-16-8-9-25-21(16)10-18;;;/h2-11,14-15,22,25-27H,12-13H2,1H3;3*1H/t22-;;;/m0.../s1. The molecule has 0 saturated heterocycles. The summed E-state index contributed by atoms with van der Waals surface area (Å²) in [5, 5.41) is 5.59. The molecule has 0 radical (unpaired) electrons. The fourth-order valence-electron chi connectivity index (χ4n) is 3.97. The average molecular weight is 472 g/mol. The van der Waals surface area contributed by atoms with Gasteiger partial charge >= 0.3 is 0 Å². The largest absolute Gasteiger partial charge is 0.361 e. The van der Waals surface area contributed by atoms with E-state index in [4.69, 9.17) is 0 Å². The lowest BCUT2D eigenvalue weighted by molar-refractivity contribution is 0.516. The van der Waals surface area contributed by atoms with Crippen molar-refractivity contribution in [1.29, 1.82) is 0 Å². The first-order chi connectivity index (χ1) is 15.5. The number of H-pyrrole nitrogens is 1. The van der Waals surface area contributed by atoms with Crippen molar-refractivity contribution in [2.75, 3.05) is 6.54 Å². The molecule has 2 aromatic carbocycles. The summed E-state index contributed by atoms with van der Waals surface area (Å²) in [6.45, 7) is 0.826. The molecule has 0 spiro atoms. The van der Waals surface area contributed by atoms with Crippen molar-refractivity contribution in [2.24, 2.45) is 7.05 Å². The van der Waals surface area contributed by atoms with Gasteiger partial charge in [0, 0.05) is 70.3 Å². The Hall–Kier alpha value is -2.98. The maximum atomic E-state index is 13.1. The number of nitrogens with zero attached hydrogens (tertiary/aromatic N) is 2. The van der Waals surface area contributed by atoms with E-state index in [-0.39, 0.29) is 21.8 Å². The Morgan fingerprint density at radius 1 is 1.22 bits per heavy atom. The van der Waals surface area contributed by atoms with E-state index in [9.17, 15) is 8.42 Å². The van der Waals surface area contributed by atoms with Gasteiger partial charge in [-0.1, -0.05) is 24.3 Å². The van der Waals surface area contributed by atoms with E-state index < -0.39 is 10.0 Å². The quantitative estimate of drug-likeness (QED) is 0.307. The van der Waals surface area contributed by atoms with Gasteiger partial charge in [-0.05, 0) is 35.2 Å². The van der Waals surface area contributed by atoms with Crippen molar-refractivity contribution in [2.45, 2.75) is 17.5 Å². The van der Waals surface area contributed by atoms with Crippen molar-refractivity contribution in [3.05, 3.63) is 83.1 Å². The summed E-state index contributed by atoms with van der Waals surface area (Å²) in [4.78, 5) is 8.54. The van der Waals surface area contributed by atoms with Crippen molar-refractivity contribution in [1.82, 2.24) is 24.6 Å². The molecular formula is C23H29N5O2S2. The zero-order chi connectivity index (χ0) is 22.1. The number of sulfonamides is 1. The molecular weight excluding hydrogens is 442 g/mol. The molecule has 32 heavy (non-hydrogen) atoms. The highest BCUT2D eigenvalue weighted by Crippen LogP contribution is 2.27. The summed E-state index contributed by atoms with van der Waals surface area (Å²) in [6.07, 6.45) is 5.69. The SMILES string of the molecule is Cn1cc([C@H](CNS(=O)(=O)c2ccc3cc[nH]c3c2)NCc2cncs2)c2ccccc21.[HH].[HH].[HH]. The molecule has 0 fully saturated rings. The number of thiazole rings is 1. The maximum absolute atomic E-state index is 13.1. The van der Waals surface area contributed by atoms with Crippen LogP contribution in [0, 0.1) is 0 Å². The van der Waals surface area contributed by atoms with Gasteiger partial charge < -0.3 is 14.9 Å². The van der Waals surface area contributed by atoms with Gasteiger partial charge in [-0.3, -0.25) is 4.98 Å². The first-order valence-electron chi connectivity index (χ1n) is 10.2. The first kappa shape index (κ1) is 20.9. The number of hydrogen-bond donors (Lipinski definition) is 3. The van der Waals surface area contributed by atoms with Gasteiger partial charge in [0.2, 0.25) is 10.0 Å². The summed E-state index contributed by atoms with van der Waals surface area (Å²) in [5.74, 6) is 0. The van der Waals surface area contributed by atoms with Crippen LogP contribution in [0.5, 0.6) is 0 Å². The van der Waals surface area contributed by atoms with Crippen molar-refractivity contribution in [3.63, 3.8) is 0 Å². The van der Waals surface area contributed by atoms with Gasteiger partial charge in [0.05, 0.1) is 10.4 Å². The van der Waals surface area contributed by atoms with E-state index in [0.717, 1.165) is 32.2 Å². The van der Waals surface area contributed by atoms with Gasteiger partial charge in [-0.2, -0.15) is 0 Å². The number of nitrogens with one attached hydrogen (secondary N) is 3. The Morgan fingerprint density at radius 3 is 2.94 bits per heavy atom. The predicted octanol–water partition coefficient (Wildman–Crippen LogP) is 4.66. The van der Waals surface area contributed by atoms with E-state index >= 15 is 0 Å². The number of aromatic nitrogens is 3. The van der Waals surface area contributed by atoms with E-state index in [2.05, 4.69) is 42.9 Å². The van der Waals surface area contributed by atoms with Crippen LogP contribution in [0.4, 0.5) is 0 Å². The smallest absolute Gasteiger partial charge is 0.240 e. The zero-order valence-electron chi connectivity index (χ0n) is 17.4. The highest BCUT2D eigenvalue weighted by molar-refractivity contribution is 7.89. The van der Waals surface area contributed by atoms with Crippen LogP contribution < -0.4 is 10.0 Å². The Kier molecular flexibility index (Phi) is 5.56. The van der Waals surface area contributed by atoms with Crippen LogP contribution in [-0.4, -0.2) is 29.5 Å². The van der Waals surface area contributed by atoms with E-state index in [1.54, 1.807) is 35.2 Å². The summed E-state index contributed by atoms with van der Waals surface area (Å²) < 4.78 is 31.0. The highest BCUT2D eigenvalue weighted by atomic mass is 32.2. The fraction of sp³-hybridized carbons (Fsp3) is 0.174. The van der Waals surface area contributed by atoms with E-state index in [1.165, 1.54) is 0 Å². The average Bonchev–Trinajstić information content (AvgIpc) is 3.54. The second kappa shape index (κ2) is 8.51. The van der Waals surface area contributed by atoms with Gasteiger partial charge in [-0.25, -0.2) is 13.1 Å². The maximum Gasteiger partial charge on any atom is 0.240 e. The Balaban J connectivity index is 0.00000144. The molecule has 170 valence electrons. The Bertz CT molecular complexity index is 1480. The van der Waals surface area contributed by atoms with E-state index in [1.807, 2.05) is 37.5 Å². The molecule has 0 bridgehead atoms. The fourth-order valence-corrected chi connectivity index (χ4v) is 5.58. The summed E-state index contributed by atoms with van der Waals surface area (Å²) in [7, 11) is -1.68. The molecule has 0 unspecified atom stereocenters. The lowest BCUT2D eigenvalue weighted by Gasteiger charge is -2.19. The molecule has 7 nitrogen and oxygen atoms in total. The van der Waals surface area contributed by atoms with Crippen LogP contribution in [-0.2, 0) is 23.6 Å². The first-order valence-corrected chi connectivity index (χ1v) is 12.6. The monoisotopic (exact) mass is 471 g/mol. The minimum absolute atomic E-state index is 0. The zero-order valence-corrected chi connectivity index (χ0v) is 19.1. The van der Waals surface area contributed by atoms with Gasteiger partial charge in [0.25, 0.3) is 0 Å². The summed E-state index contributed by atoms with van der Waals surface area (Å²) in [6, 6.07) is 14.9. The molecule has 9 heteroatoms. The lowest BCUT2D eigenvalue weighted by atomic mass is 10.1. The van der Waals surface area contributed by atoms with Gasteiger partial charge in [0.15, 0.2) is 0 Å². The van der Waals surface area contributed by atoms with E-state index in [0.29, 0.717) is 6.54 Å². The van der Waals surface area contributed by atoms with Crippen molar-refractivity contribution >= 4 is 43.2 Å². The van der Waals surface area contributed by atoms with Crippen LogP contribution in [0.15, 0.2) is 77.5 Å². The third-order valence-corrected chi connectivity index (χ3v) is 7.82. The van der Waals surface area contributed by atoms with Gasteiger partial charge in [0.1, 0.15) is 0 Å². The normalized spacial score (nSPS) is 13.2. The molecule has 1 atom stereocenters. The summed E-state index contributed by atoms with van der Waals surface area (Å²) >= 11 is 1.57. The molecule has 0 aliphatic heterocycles. The van der Waals surface area contributed by atoms with Crippen molar-refractivity contribution in [3.8, 4) is 0 Å². The van der Waals surface area contributed by atoms with Crippen molar-refractivity contribution < 1.29 is 12.7 Å². The minimum atomic E-state index is -3.68. The summed E-state index contributed by atoms with van der Waals surface area (Å²) in [5.41, 5.74) is 4.74. The third kappa shape index (κ3) is 4.07. The number of fused-ring (bicyclic) bond motifs is 2. The number of benzene rings is 2. The molecule has 5 rings (SSSR count). The number of rotatable bonds is 8. The second-order valence-corrected chi connectivity index (χ2v) is 10.4. The minimum Gasteiger partial charge on any atom is -0.361 e. The van der Waals surface area contributed by atoms with Gasteiger partial charge in [-0.15, -0.1) is 11.3 Å². The number of aromatic amines is 1. The third-order valence-electron chi connectivity index (χ3n) is 5.62. The molecule has 0 aliphatic rings. The highest BCUT2D eigenvalue weighted by Gasteiger charge is 2.21. The molecule has 0 amide bonds. The van der Waals surface area contributed by atoms with Crippen LogP contribution in [0.2, 0.25) is 0 Å². The molecule has 3 aromatic heterocycles. The Labute approximate surface area is 194 Å². The molecule has 5 aromatic rings. The van der Waals surface area contributed by atoms with Crippen LogP contribution in [0.25, 0.3) is 21.8 Å². The number of para-hydroxylation sites is 1. The predicted molar refractivity (Wildman–Crippen MR) is 134 cm³/mol. The number of aryl methyl sites for hydroxylation is 1. The van der Waals surface area contributed by atoms with Crippen LogP contribution in [0.3, 0.4) is 0 Å². The number of hydrogen-bond acceptors (Lipinski definition) is 5. The van der Waals surface area contributed by atoms with Crippen LogP contribution >= 0.6 is 11.3 Å². The molecule has 3 N–H and O–H groups in total. The molecule has 3 heterocycles. The van der Waals surface area contributed by atoms with Crippen LogP contribution in [0.1, 0.15) is 20.8 Å². The molecule has 0 aliphatic carbocycles. The Morgan fingerprint density at radius 2 is 2.09 bits per heavy atom. The molecule has 0 saturated carbocycles.